The second kappa shape index (κ2) is 7.73. The van der Waals surface area contributed by atoms with Crippen molar-refractivity contribution in [1.29, 1.82) is 0 Å². The summed E-state index contributed by atoms with van der Waals surface area (Å²) >= 11 is 0. The molecule has 0 aliphatic carbocycles. The van der Waals surface area contributed by atoms with E-state index in [1.807, 2.05) is 0 Å². The van der Waals surface area contributed by atoms with Crippen molar-refractivity contribution in [2.45, 2.75) is 0 Å². The zero-order valence-electron chi connectivity index (χ0n) is 11.0. The molecule has 0 radical (unpaired) electrons. The predicted molar refractivity (Wildman–Crippen MR) is 73.7 cm³/mol. The van der Waals surface area contributed by atoms with E-state index in [0.29, 0.717) is 13.1 Å². The molecule has 0 saturated heterocycles. The Labute approximate surface area is 117 Å². The van der Waals surface area contributed by atoms with Crippen LogP contribution in [0.4, 0.5) is 0 Å². The first kappa shape index (κ1) is 15.4. The lowest BCUT2D eigenvalue weighted by atomic mass is 10.3. The van der Waals surface area contributed by atoms with Crippen molar-refractivity contribution in [3.63, 3.8) is 0 Å². The summed E-state index contributed by atoms with van der Waals surface area (Å²) in [5, 5.41) is 8.94. The Morgan fingerprint density at radius 2 is 2.00 bits per heavy atom. The molecule has 0 bridgehead atoms. The summed E-state index contributed by atoms with van der Waals surface area (Å²) in [6.07, 6.45) is 4.53. The summed E-state index contributed by atoms with van der Waals surface area (Å²) in [5.74, 6) is -1.43. The lowest BCUT2D eigenvalue weighted by Gasteiger charge is -2.19. The van der Waals surface area contributed by atoms with Crippen LogP contribution in [0.1, 0.15) is 10.5 Å². The molecule has 0 aliphatic rings. The van der Waals surface area contributed by atoms with Crippen LogP contribution in [0.3, 0.4) is 0 Å². The summed E-state index contributed by atoms with van der Waals surface area (Å²) in [6, 6.07) is 2.99. The summed E-state index contributed by atoms with van der Waals surface area (Å²) in [6.45, 7) is 7.59. The molecular formula is C14H16N2O4. The smallest absolute Gasteiger partial charge is 0.358 e. The molecule has 0 aromatic carbocycles. The van der Waals surface area contributed by atoms with E-state index in [4.69, 9.17) is 9.84 Å². The van der Waals surface area contributed by atoms with Gasteiger partial charge in [0, 0.05) is 19.3 Å². The molecule has 1 N–H and O–H groups in total. The number of carbonyl (C=O) groups is 2. The molecule has 0 saturated carbocycles. The Bertz CT molecular complexity index is 504. The van der Waals surface area contributed by atoms with Gasteiger partial charge in [-0.05, 0) is 12.1 Å². The highest BCUT2D eigenvalue weighted by molar-refractivity contribution is 5.88. The third kappa shape index (κ3) is 4.24. The number of carboxylic acid groups (broad SMARTS) is 1. The van der Waals surface area contributed by atoms with Gasteiger partial charge in [0.25, 0.3) is 5.91 Å². The maximum Gasteiger partial charge on any atom is 0.358 e. The van der Waals surface area contributed by atoms with E-state index >= 15 is 0 Å². The van der Waals surface area contributed by atoms with E-state index in [0.717, 1.165) is 0 Å². The molecule has 106 valence electrons. The fourth-order valence-corrected chi connectivity index (χ4v) is 1.49. The summed E-state index contributed by atoms with van der Waals surface area (Å²) in [7, 11) is 0. The van der Waals surface area contributed by atoms with Gasteiger partial charge in [-0.1, -0.05) is 12.2 Å². The van der Waals surface area contributed by atoms with E-state index in [2.05, 4.69) is 18.1 Å². The third-order valence-corrected chi connectivity index (χ3v) is 2.38. The number of aromatic nitrogens is 1. The number of hydrogen-bond acceptors (Lipinski definition) is 4. The lowest BCUT2D eigenvalue weighted by molar-refractivity contribution is -0.132. The fourth-order valence-electron chi connectivity index (χ4n) is 1.49. The average Bonchev–Trinajstić information content (AvgIpc) is 2.44. The Morgan fingerprint density at radius 3 is 2.55 bits per heavy atom. The van der Waals surface area contributed by atoms with Gasteiger partial charge in [0.1, 0.15) is 0 Å². The topological polar surface area (TPSA) is 79.7 Å². The summed E-state index contributed by atoms with van der Waals surface area (Å²) < 4.78 is 5.23. The highest BCUT2D eigenvalue weighted by Crippen LogP contribution is 2.15. The normalized spacial score (nSPS) is 9.60. The van der Waals surface area contributed by atoms with Gasteiger partial charge < -0.3 is 14.7 Å². The van der Waals surface area contributed by atoms with Gasteiger partial charge in [-0.15, -0.1) is 13.2 Å². The molecule has 0 aliphatic heterocycles. The standard InChI is InChI=1S/C14H16N2O4/c1-3-8-16(9-4-2)12(17)10-20-11-6-5-7-15-13(11)14(18)19/h3-7H,1-2,8-10H2,(H,18,19). The highest BCUT2D eigenvalue weighted by Gasteiger charge is 2.15. The van der Waals surface area contributed by atoms with Gasteiger partial charge in [0.15, 0.2) is 18.1 Å². The Morgan fingerprint density at radius 1 is 1.35 bits per heavy atom. The SMILES string of the molecule is C=CCN(CC=C)C(=O)COc1cccnc1C(=O)O. The van der Waals surface area contributed by atoms with Crippen LogP contribution in [-0.4, -0.2) is 46.6 Å². The number of amides is 1. The first-order valence-electron chi connectivity index (χ1n) is 5.90. The summed E-state index contributed by atoms with van der Waals surface area (Å²) in [4.78, 5) is 28.0. The zero-order chi connectivity index (χ0) is 15.0. The number of carbonyl (C=O) groups excluding carboxylic acids is 1. The minimum atomic E-state index is -1.21. The fraction of sp³-hybridized carbons (Fsp3) is 0.214. The molecule has 1 heterocycles. The number of ether oxygens (including phenoxy) is 1. The zero-order valence-corrected chi connectivity index (χ0v) is 11.0. The van der Waals surface area contributed by atoms with Crippen LogP contribution in [-0.2, 0) is 4.79 Å². The predicted octanol–water partition coefficient (Wildman–Crippen LogP) is 1.36. The number of carboxylic acids is 1. The van der Waals surface area contributed by atoms with Gasteiger partial charge in [-0.3, -0.25) is 4.79 Å². The van der Waals surface area contributed by atoms with Gasteiger partial charge >= 0.3 is 5.97 Å². The van der Waals surface area contributed by atoms with Crippen LogP contribution < -0.4 is 4.74 Å². The van der Waals surface area contributed by atoms with Crippen molar-refractivity contribution in [2.24, 2.45) is 0 Å². The largest absolute Gasteiger partial charge is 0.481 e. The van der Waals surface area contributed by atoms with E-state index in [1.54, 1.807) is 12.2 Å². The number of hydrogen-bond donors (Lipinski definition) is 1. The van der Waals surface area contributed by atoms with Gasteiger partial charge in [-0.25, -0.2) is 9.78 Å². The van der Waals surface area contributed by atoms with Crippen molar-refractivity contribution in [1.82, 2.24) is 9.88 Å². The number of nitrogens with zero attached hydrogens (tertiary/aromatic N) is 2. The quantitative estimate of drug-likeness (QED) is 0.725. The molecule has 6 heteroatoms. The molecule has 0 spiro atoms. The van der Waals surface area contributed by atoms with Crippen LogP contribution in [0, 0.1) is 0 Å². The molecule has 1 aromatic heterocycles. The maximum atomic E-state index is 11.9. The molecule has 0 unspecified atom stereocenters. The van der Waals surface area contributed by atoms with Crippen LogP contribution in [0.25, 0.3) is 0 Å². The first-order valence-corrected chi connectivity index (χ1v) is 5.90. The van der Waals surface area contributed by atoms with Crippen LogP contribution in [0.15, 0.2) is 43.6 Å². The molecule has 6 nitrogen and oxygen atoms in total. The van der Waals surface area contributed by atoms with E-state index in [1.165, 1.54) is 23.2 Å². The average molecular weight is 276 g/mol. The molecule has 20 heavy (non-hydrogen) atoms. The second-order valence-electron chi connectivity index (χ2n) is 3.82. The molecule has 0 atom stereocenters. The van der Waals surface area contributed by atoms with Gasteiger partial charge in [0.05, 0.1) is 0 Å². The Kier molecular flexibility index (Phi) is 5.96. The minimum Gasteiger partial charge on any atom is -0.481 e. The highest BCUT2D eigenvalue weighted by atomic mass is 16.5. The van der Waals surface area contributed by atoms with Crippen molar-refractivity contribution < 1.29 is 19.4 Å². The van der Waals surface area contributed by atoms with Crippen molar-refractivity contribution in [3.8, 4) is 5.75 Å². The molecule has 1 rings (SSSR count). The summed E-state index contributed by atoms with van der Waals surface area (Å²) in [5.41, 5.74) is -0.223. The number of pyridine rings is 1. The lowest BCUT2D eigenvalue weighted by Crippen LogP contribution is -2.35. The third-order valence-electron chi connectivity index (χ3n) is 2.38. The monoisotopic (exact) mass is 276 g/mol. The first-order chi connectivity index (χ1) is 9.60. The van der Waals surface area contributed by atoms with E-state index in [-0.39, 0.29) is 24.0 Å². The van der Waals surface area contributed by atoms with Crippen molar-refractivity contribution >= 4 is 11.9 Å². The van der Waals surface area contributed by atoms with E-state index < -0.39 is 5.97 Å². The number of aromatic carboxylic acids is 1. The Hall–Kier alpha value is -2.63. The van der Waals surface area contributed by atoms with Crippen molar-refractivity contribution in [3.05, 3.63) is 49.3 Å². The second-order valence-corrected chi connectivity index (χ2v) is 3.82. The van der Waals surface area contributed by atoms with Gasteiger partial charge in [-0.2, -0.15) is 0 Å². The molecule has 1 aromatic rings. The maximum absolute atomic E-state index is 11.9. The van der Waals surface area contributed by atoms with Gasteiger partial charge in [0.2, 0.25) is 0 Å². The molecule has 0 fully saturated rings. The Balaban J connectivity index is 2.71. The van der Waals surface area contributed by atoms with E-state index in [9.17, 15) is 9.59 Å². The van der Waals surface area contributed by atoms with Crippen LogP contribution >= 0.6 is 0 Å². The molecule has 1 amide bonds. The van der Waals surface area contributed by atoms with Crippen molar-refractivity contribution in [2.75, 3.05) is 19.7 Å². The van der Waals surface area contributed by atoms with Crippen LogP contribution in [0.5, 0.6) is 5.75 Å². The number of rotatable bonds is 8. The minimum absolute atomic E-state index is 0.0607. The molecular weight excluding hydrogens is 260 g/mol. The van der Waals surface area contributed by atoms with Crippen LogP contribution in [0.2, 0.25) is 0 Å².